The number of aryl methyl sites for hydroxylation is 2. The molecular weight excluding hydrogens is 397 g/mol. The Labute approximate surface area is 148 Å². The summed E-state index contributed by atoms with van der Waals surface area (Å²) in [6.45, 7) is 7.96. The highest BCUT2D eigenvalue weighted by Gasteiger charge is 2.18. The van der Waals surface area contributed by atoms with Gasteiger partial charge in [0.25, 0.3) is 0 Å². The molecule has 0 amide bonds. The van der Waals surface area contributed by atoms with Crippen molar-refractivity contribution in [1.29, 1.82) is 0 Å². The number of hydrogen-bond acceptors (Lipinski definition) is 5. The molecule has 2 heterocycles. The first-order chi connectivity index (χ1) is 10.1. The Hall–Kier alpha value is -0.870. The topological polar surface area (TPSA) is 74.9 Å². The SMILES string of the molecule is CN=C(NCc1c(C)noc1C)NCC1CN(C)CCO1.I. The second-order valence-corrected chi connectivity index (χ2v) is 5.36. The zero-order valence-corrected chi connectivity index (χ0v) is 16.0. The quantitative estimate of drug-likeness (QED) is 0.426. The molecule has 1 unspecified atom stereocenters. The summed E-state index contributed by atoms with van der Waals surface area (Å²) in [5.41, 5.74) is 1.99. The van der Waals surface area contributed by atoms with Gasteiger partial charge >= 0.3 is 0 Å². The van der Waals surface area contributed by atoms with Crippen molar-refractivity contribution < 1.29 is 9.26 Å². The number of ether oxygens (including phenoxy) is 1. The zero-order valence-electron chi connectivity index (χ0n) is 13.7. The third-order valence-electron chi connectivity index (χ3n) is 3.68. The van der Waals surface area contributed by atoms with Gasteiger partial charge in [0.2, 0.25) is 0 Å². The van der Waals surface area contributed by atoms with Crippen molar-refractivity contribution in [2.45, 2.75) is 26.5 Å². The number of morpholine rings is 1. The number of halogens is 1. The van der Waals surface area contributed by atoms with Crippen LogP contribution < -0.4 is 10.6 Å². The monoisotopic (exact) mass is 423 g/mol. The van der Waals surface area contributed by atoms with Crippen LogP contribution in [0.4, 0.5) is 0 Å². The predicted molar refractivity (Wildman–Crippen MR) is 96.8 cm³/mol. The smallest absolute Gasteiger partial charge is 0.191 e. The lowest BCUT2D eigenvalue weighted by Crippen LogP contribution is -2.48. The minimum atomic E-state index is 0. The van der Waals surface area contributed by atoms with E-state index in [0.717, 1.165) is 49.2 Å². The largest absolute Gasteiger partial charge is 0.374 e. The molecule has 1 fully saturated rings. The van der Waals surface area contributed by atoms with E-state index < -0.39 is 0 Å². The van der Waals surface area contributed by atoms with Gasteiger partial charge in [-0.1, -0.05) is 5.16 Å². The maximum absolute atomic E-state index is 5.72. The molecule has 7 nitrogen and oxygen atoms in total. The number of rotatable bonds is 4. The average molecular weight is 423 g/mol. The Bertz CT molecular complexity index is 472. The second kappa shape index (κ2) is 9.31. The van der Waals surface area contributed by atoms with E-state index in [1.54, 1.807) is 7.05 Å². The number of aliphatic imine (C=N–C) groups is 1. The Balaban J connectivity index is 0.00000242. The normalized spacial score (nSPS) is 19.6. The summed E-state index contributed by atoms with van der Waals surface area (Å²) >= 11 is 0. The van der Waals surface area contributed by atoms with E-state index >= 15 is 0 Å². The highest BCUT2D eigenvalue weighted by molar-refractivity contribution is 14.0. The Kier molecular flexibility index (Phi) is 8.12. The van der Waals surface area contributed by atoms with Gasteiger partial charge < -0.3 is 24.8 Å². The van der Waals surface area contributed by atoms with Crippen LogP contribution in [0.2, 0.25) is 0 Å². The van der Waals surface area contributed by atoms with Crippen LogP contribution in [0.25, 0.3) is 0 Å². The lowest BCUT2D eigenvalue weighted by Gasteiger charge is -2.30. The van der Waals surface area contributed by atoms with Crippen LogP contribution in [0.15, 0.2) is 9.52 Å². The maximum Gasteiger partial charge on any atom is 0.191 e. The number of hydrogen-bond donors (Lipinski definition) is 2. The standard InChI is InChI=1S/C14H25N5O2.HI/c1-10-13(11(2)21-18-10)8-17-14(15-3)16-7-12-9-19(4)5-6-20-12;/h12H,5-9H2,1-4H3,(H2,15,16,17);1H. The molecule has 0 aliphatic carbocycles. The van der Waals surface area contributed by atoms with Crippen molar-refractivity contribution in [2.75, 3.05) is 40.3 Å². The molecule has 0 saturated carbocycles. The number of aromatic nitrogens is 1. The van der Waals surface area contributed by atoms with E-state index in [1.807, 2.05) is 13.8 Å². The van der Waals surface area contributed by atoms with Gasteiger partial charge in [-0.25, -0.2) is 0 Å². The number of guanidine groups is 1. The fourth-order valence-electron chi connectivity index (χ4n) is 2.35. The van der Waals surface area contributed by atoms with E-state index in [2.05, 4.69) is 32.7 Å². The van der Waals surface area contributed by atoms with Crippen molar-refractivity contribution in [3.8, 4) is 0 Å². The van der Waals surface area contributed by atoms with Crippen molar-refractivity contribution in [3.63, 3.8) is 0 Å². The van der Waals surface area contributed by atoms with Gasteiger partial charge in [-0.3, -0.25) is 4.99 Å². The summed E-state index contributed by atoms with van der Waals surface area (Å²) in [5, 5.41) is 10.5. The van der Waals surface area contributed by atoms with Crippen LogP contribution in [-0.2, 0) is 11.3 Å². The zero-order chi connectivity index (χ0) is 15.2. The molecule has 1 aliphatic heterocycles. The molecule has 1 aliphatic rings. The van der Waals surface area contributed by atoms with Crippen molar-refractivity contribution in [2.24, 2.45) is 4.99 Å². The van der Waals surface area contributed by atoms with Crippen LogP contribution in [0.3, 0.4) is 0 Å². The summed E-state index contributed by atoms with van der Waals surface area (Å²) < 4.78 is 10.9. The first-order valence-corrected chi connectivity index (χ1v) is 7.26. The molecule has 1 saturated heterocycles. The van der Waals surface area contributed by atoms with Gasteiger partial charge in [-0.2, -0.15) is 0 Å². The lowest BCUT2D eigenvalue weighted by molar-refractivity contribution is -0.0161. The molecule has 8 heteroatoms. The third-order valence-corrected chi connectivity index (χ3v) is 3.68. The van der Waals surface area contributed by atoms with Gasteiger partial charge in [-0.05, 0) is 20.9 Å². The lowest BCUT2D eigenvalue weighted by atomic mass is 10.2. The molecule has 126 valence electrons. The third kappa shape index (κ3) is 5.40. The van der Waals surface area contributed by atoms with Crippen LogP contribution in [-0.4, -0.2) is 62.5 Å². The first kappa shape index (κ1) is 19.2. The summed E-state index contributed by atoms with van der Waals surface area (Å²) in [6.07, 6.45) is 0.196. The van der Waals surface area contributed by atoms with Crippen molar-refractivity contribution in [3.05, 3.63) is 17.0 Å². The molecule has 0 aromatic carbocycles. The minimum absolute atomic E-state index is 0. The van der Waals surface area contributed by atoms with Crippen LogP contribution >= 0.6 is 24.0 Å². The van der Waals surface area contributed by atoms with Crippen molar-refractivity contribution >= 4 is 29.9 Å². The molecule has 2 N–H and O–H groups in total. The summed E-state index contributed by atoms with van der Waals surface area (Å²) in [7, 11) is 3.87. The Morgan fingerprint density at radius 1 is 1.41 bits per heavy atom. The molecule has 0 spiro atoms. The number of likely N-dealkylation sites (N-methyl/N-ethyl adjacent to an activating group) is 1. The molecule has 0 radical (unpaired) electrons. The molecule has 1 aromatic rings. The van der Waals surface area contributed by atoms with Gasteiger partial charge in [0, 0.05) is 38.8 Å². The molecule has 1 atom stereocenters. The summed E-state index contributed by atoms with van der Waals surface area (Å²) in [5.74, 6) is 1.60. The van der Waals surface area contributed by atoms with Gasteiger partial charge in [0.05, 0.1) is 18.4 Å². The van der Waals surface area contributed by atoms with E-state index in [0.29, 0.717) is 6.54 Å². The fraction of sp³-hybridized carbons (Fsp3) is 0.714. The van der Waals surface area contributed by atoms with Crippen LogP contribution in [0, 0.1) is 13.8 Å². The second-order valence-electron chi connectivity index (χ2n) is 5.36. The molecule has 22 heavy (non-hydrogen) atoms. The maximum atomic E-state index is 5.72. The summed E-state index contributed by atoms with van der Waals surface area (Å²) in [4.78, 5) is 6.50. The highest BCUT2D eigenvalue weighted by atomic mass is 127. The van der Waals surface area contributed by atoms with Crippen molar-refractivity contribution in [1.82, 2.24) is 20.7 Å². The predicted octanol–water partition coefficient (Wildman–Crippen LogP) is 0.905. The fourth-order valence-corrected chi connectivity index (χ4v) is 2.35. The first-order valence-electron chi connectivity index (χ1n) is 7.26. The molecule has 1 aromatic heterocycles. The Morgan fingerprint density at radius 2 is 2.18 bits per heavy atom. The van der Waals surface area contributed by atoms with Crippen LogP contribution in [0.5, 0.6) is 0 Å². The van der Waals surface area contributed by atoms with Gasteiger partial charge in [0.15, 0.2) is 5.96 Å². The minimum Gasteiger partial charge on any atom is -0.374 e. The molecule has 0 bridgehead atoms. The highest BCUT2D eigenvalue weighted by Crippen LogP contribution is 2.11. The summed E-state index contributed by atoms with van der Waals surface area (Å²) in [6, 6.07) is 0. The van der Waals surface area contributed by atoms with E-state index in [-0.39, 0.29) is 30.1 Å². The number of nitrogens with one attached hydrogen (secondary N) is 2. The van der Waals surface area contributed by atoms with Gasteiger partial charge in [-0.15, -0.1) is 24.0 Å². The molecule has 2 rings (SSSR count). The van der Waals surface area contributed by atoms with E-state index in [1.165, 1.54) is 0 Å². The van der Waals surface area contributed by atoms with Gasteiger partial charge in [0.1, 0.15) is 5.76 Å². The average Bonchev–Trinajstić information content (AvgIpc) is 2.79. The van der Waals surface area contributed by atoms with E-state index in [4.69, 9.17) is 9.26 Å². The van der Waals surface area contributed by atoms with E-state index in [9.17, 15) is 0 Å². The van der Waals surface area contributed by atoms with Crippen LogP contribution in [0.1, 0.15) is 17.0 Å². The molecular formula is C14H26IN5O2. The number of nitrogens with zero attached hydrogens (tertiary/aromatic N) is 3. The Morgan fingerprint density at radius 3 is 2.77 bits per heavy atom.